The van der Waals surface area contributed by atoms with Crippen molar-refractivity contribution >= 4 is 39.2 Å². The van der Waals surface area contributed by atoms with Gasteiger partial charge in [0.2, 0.25) is 0 Å². The van der Waals surface area contributed by atoms with Crippen molar-refractivity contribution in [2.75, 3.05) is 17.8 Å². The Morgan fingerprint density at radius 3 is 2.32 bits per heavy atom. The van der Waals surface area contributed by atoms with Gasteiger partial charge in [0.15, 0.2) is 5.75 Å². The van der Waals surface area contributed by atoms with Crippen LogP contribution in [0.1, 0.15) is 29.6 Å². The van der Waals surface area contributed by atoms with Gasteiger partial charge in [-0.15, -0.1) is 0 Å². The molecule has 5 rings (SSSR count). The molecular formula is C26H21ClF2N2O5S. The fourth-order valence-electron chi connectivity index (χ4n) is 3.86. The average molecular weight is 547 g/mol. The number of nitrogens with zero attached hydrogens (tertiary/aromatic N) is 1. The van der Waals surface area contributed by atoms with Crippen molar-refractivity contribution in [3.8, 4) is 16.9 Å². The van der Waals surface area contributed by atoms with E-state index < -0.39 is 49.9 Å². The summed E-state index contributed by atoms with van der Waals surface area (Å²) in [4.78, 5) is 26.1. The molecule has 1 aliphatic heterocycles. The molecule has 11 heteroatoms. The number of ether oxygens (including phenoxy) is 1. The van der Waals surface area contributed by atoms with Gasteiger partial charge in [-0.05, 0) is 43.0 Å². The quantitative estimate of drug-likeness (QED) is 0.323. The van der Waals surface area contributed by atoms with E-state index in [2.05, 4.69) is 4.72 Å². The molecule has 0 atom stereocenters. The van der Waals surface area contributed by atoms with Crippen LogP contribution in [0, 0.1) is 17.6 Å². The van der Waals surface area contributed by atoms with Crippen LogP contribution in [0.3, 0.4) is 0 Å². The van der Waals surface area contributed by atoms with Gasteiger partial charge in [0, 0.05) is 30.3 Å². The molecule has 2 fully saturated rings. The van der Waals surface area contributed by atoms with Crippen molar-refractivity contribution in [2.45, 2.75) is 24.2 Å². The molecule has 1 aliphatic carbocycles. The molecule has 0 unspecified atom stereocenters. The van der Waals surface area contributed by atoms with Crippen LogP contribution >= 0.6 is 11.6 Å². The molecule has 1 saturated heterocycles. The van der Waals surface area contributed by atoms with E-state index in [0.29, 0.717) is 37.6 Å². The van der Waals surface area contributed by atoms with E-state index in [1.54, 1.807) is 30.3 Å². The molecule has 0 aromatic heterocycles. The van der Waals surface area contributed by atoms with Crippen LogP contribution in [0.25, 0.3) is 11.1 Å². The Balaban J connectivity index is 1.57. The summed E-state index contributed by atoms with van der Waals surface area (Å²) in [6, 6.07) is 12.1. The van der Waals surface area contributed by atoms with Gasteiger partial charge in [-0.1, -0.05) is 41.9 Å². The summed E-state index contributed by atoms with van der Waals surface area (Å²) in [7, 11) is -4.67. The van der Waals surface area contributed by atoms with Crippen LogP contribution in [0.5, 0.6) is 5.75 Å². The molecule has 0 bridgehead atoms. The molecule has 7 nitrogen and oxygen atoms in total. The lowest BCUT2D eigenvalue weighted by atomic mass is 10.0. The number of esters is 1. The topological polar surface area (TPSA) is 92.8 Å². The minimum absolute atomic E-state index is 0.0270. The van der Waals surface area contributed by atoms with E-state index in [9.17, 15) is 26.8 Å². The van der Waals surface area contributed by atoms with E-state index in [1.165, 1.54) is 11.0 Å². The molecule has 1 amide bonds. The third kappa shape index (κ3) is 5.17. The van der Waals surface area contributed by atoms with Gasteiger partial charge in [0.25, 0.3) is 15.9 Å². The summed E-state index contributed by atoms with van der Waals surface area (Å²) >= 11 is 6.32. The number of carbonyl (C=O) groups is 2. The van der Waals surface area contributed by atoms with Gasteiger partial charge < -0.3 is 9.64 Å². The molecule has 3 aromatic rings. The maximum absolute atomic E-state index is 14.7. The highest BCUT2D eigenvalue weighted by atomic mass is 35.5. The Kier molecular flexibility index (Phi) is 6.63. The number of nitrogens with one attached hydrogen (secondary N) is 1. The van der Waals surface area contributed by atoms with E-state index in [-0.39, 0.29) is 22.1 Å². The molecule has 1 N–H and O–H groups in total. The van der Waals surface area contributed by atoms with Crippen LogP contribution in [0.2, 0.25) is 5.02 Å². The normalized spacial score (nSPS) is 15.2. The Morgan fingerprint density at radius 1 is 1.00 bits per heavy atom. The van der Waals surface area contributed by atoms with Crippen LogP contribution in [-0.2, 0) is 14.8 Å². The Hall–Kier alpha value is -3.50. The number of benzene rings is 3. The lowest BCUT2D eigenvalue weighted by Crippen LogP contribution is -2.42. The number of halogens is 3. The number of rotatable bonds is 7. The first-order valence-electron chi connectivity index (χ1n) is 11.6. The van der Waals surface area contributed by atoms with Gasteiger partial charge in [-0.3, -0.25) is 14.3 Å². The van der Waals surface area contributed by atoms with Gasteiger partial charge in [-0.25, -0.2) is 17.2 Å². The number of hydrogen-bond donors (Lipinski definition) is 1. The number of amides is 1. The van der Waals surface area contributed by atoms with E-state index in [1.807, 2.05) is 0 Å². The first kappa shape index (κ1) is 25.2. The Morgan fingerprint density at radius 2 is 1.70 bits per heavy atom. The maximum Gasteiger partial charge on any atom is 0.314 e. The fraction of sp³-hybridized carbons (Fsp3) is 0.231. The van der Waals surface area contributed by atoms with Crippen molar-refractivity contribution in [2.24, 2.45) is 5.92 Å². The maximum atomic E-state index is 14.7. The highest BCUT2D eigenvalue weighted by Gasteiger charge is 2.35. The highest BCUT2D eigenvalue weighted by Crippen LogP contribution is 2.39. The molecule has 0 spiro atoms. The Labute approximate surface area is 217 Å². The number of likely N-dealkylation sites (tertiary alicyclic amines) is 1. The molecule has 192 valence electrons. The number of anilines is 1. The molecule has 1 saturated carbocycles. The average Bonchev–Trinajstić information content (AvgIpc) is 3.67. The van der Waals surface area contributed by atoms with Crippen LogP contribution in [0.4, 0.5) is 14.5 Å². The minimum atomic E-state index is -4.67. The third-order valence-corrected chi connectivity index (χ3v) is 7.84. The molecule has 2 aliphatic rings. The minimum Gasteiger partial charge on any atom is -0.423 e. The van der Waals surface area contributed by atoms with Crippen molar-refractivity contribution in [1.29, 1.82) is 0 Å². The molecule has 0 radical (unpaired) electrons. The zero-order chi connectivity index (χ0) is 26.3. The van der Waals surface area contributed by atoms with Crippen molar-refractivity contribution in [3.63, 3.8) is 0 Å². The summed E-state index contributed by atoms with van der Waals surface area (Å²) in [5.41, 5.74) is -0.180. The number of carbonyl (C=O) groups excluding carboxylic acids is 2. The van der Waals surface area contributed by atoms with Crippen LogP contribution in [-0.4, -0.2) is 38.3 Å². The predicted octanol–water partition coefficient (Wildman–Crippen LogP) is 5.25. The van der Waals surface area contributed by atoms with E-state index >= 15 is 0 Å². The second-order valence-electron chi connectivity index (χ2n) is 8.91. The third-order valence-electron chi connectivity index (χ3n) is 6.19. The summed E-state index contributed by atoms with van der Waals surface area (Å²) in [5, 5.41) is -0.259. The predicted molar refractivity (Wildman–Crippen MR) is 133 cm³/mol. The monoisotopic (exact) mass is 546 g/mol. The van der Waals surface area contributed by atoms with Crippen molar-refractivity contribution in [1.82, 2.24) is 4.90 Å². The van der Waals surface area contributed by atoms with E-state index in [0.717, 1.165) is 18.6 Å². The highest BCUT2D eigenvalue weighted by molar-refractivity contribution is 7.92. The molecular weight excluding hydrogens is 526 g/mol. The van der Waals surface area contributed by atoms with Crippen LogP contribution < -0.4 is 9.46 Å². The molecule has 37 heavy (non-hydrogen) atoms. The van der Waals surface area contributed by atoms with Crippen LogP contribution in [0.15, 0.2) is 59.5 Å². The molecule has 3 aromatic carbocycles. The van der Waals surface area contributed by atoms with E-state index in [4.69, 9.17) is 16.3 Å². The summed E-state index contributed by atoms with van der Waals surface area (Å²) < 4.78 is 63.7. The number of sulfonamides is 1. The summed E-state index contributed by atoms with van der Waals surface area (Å²) in [5.74, 6) is -3.96. The number of hydrogen-bond acceptors (Lipinski definition) is 5. The van der Waals surface area contributed by atoms with Crippen molar-refractivity contribution < 1.29 is 31.5 Å². The zero-order valence-corrected chi connectivity index (χ0v) is 20.9. The standard InChI is InChI=1S/C26H21ClF2N2O5S/c27-19-11-17(25(32)31-9-4-10-31)12-23(24(19)36-26(33)16-7-8-16)37(34,35)30-22-13-18(20(28)14-21(22)29)15-5-2-1-3-6-15/h1-3,5-6,11-14,16,30H,4,7-10H2. The largest absolute Gasteiger partial charge is 0.423 e. The SMILES string of the molecule is O=C(Oc1c(Cl)cc(C(=O)N2CCC2)cc1S(=O)(=O)Nc1cc(-c2ccccc2)c(F)cc1F)C1CC1. The Bertz CT molecular complexity index is 1510. The fourth-order valence-corrected chi connectivity index (χ4v) is 5.41. The second-order valence-corrected chi connectivity index (χ2v) is 11.0. The smallest absolute Gasteiger partial charge is 0.314 e. The van der Waals surface area contributed by atoms with Gasteiger partial charge in [-0.2, -0.15) is 0 Å². The lowest BCUT2D eigenvalue weighted by molar-refractivity contribution is -0.135. The van der Waals surface area contributed by atoms with Crippen molar-refractivity contribution in [3.05, 3.63) is 76.8 Å². The second kappa shape index (κ2) is 9.75. The zero-order valence-electron chi connectivity index (χ0n) is 19.3. The lowest BCUT2D eigenvalue weighted by Gasteiger charge is -2.31. The summed E-state index contributed by atoms with van der Waals surface area (Å²) in [6.45, 7) is 1.02. The van der Waals surface area contributed by atoms with Gasteiger partial charge in [0.1, 0.15) is 16.5 Å². The summed E-state index contributed by atoms with van der Waals surface area (Å²) in [6.07, 6.45) is 2.02. The van der Waals surface area contributed by atoms with Gasteiger partial charge in [0.05, 0.1) is 16.6 Å². The molecule has 1 heterocycles. The first-order chi connectivity index (χ1) is 17.6. The van der Waals surface area contributed by atoms with Gasteiger partial charge >= 0.3 is 5.97 Å². The first-order valence-corrected chi connectivity index (χ1v) is 13.4.